The molecular formula is C10H15B2N. The lowest BCUT2D eigenvalue weighted by atomic mass is 9.50. The van der Waals surface area contributed by atoms with Crippen LogP contribution >= 0.6 is 0 Å². The summed E-state index contributed by atoms with van der Waals surface area (Å²) in [4.78, 5) is 0. The zero-order valence-electron chi connectivity index (χ0n) is 8.22. The molecule has 1 aromatic rings. The predicted molar refractivity (Wildman–Crippen MR) is 61.6 cm³/mol. The fourth-order valence-electron chi connectivity index (χ4n) is 1.62. The molecule has 0 aliphatic heterocycles. The van der Waals surface area contributed by atoms with E-state index in [1.807, 2.05) is 0 Å². The molecule has 3 heteroatoms. The number of nitrogens with one attached hydrogen (secondary N) is 1. The molecule has 1 aromatic carbocycles. The molecule has 1 saturated carbocycles. The summed E-state index contributed by atoms with van der Waals surface area (Å²) in [6, 6.07) is 9.52. The molecule has 1 fully saturated rings. The molecule has 0 spiro atoms. The van der Waals surface area contributed by atoms with E-state index < -0.39 is 0 Å². The minimum atomic E-state index is 0.810. The Bertz CT molecular complexity index is 284. The van der Waals surface area contributed by atoms with Crippen molar-refractivity contribution in [3.8, 4) is 0 Å². The first kappa shape index (κ1) is 8.89. The van der Waals surface area contributed by atoms with Crippen LogP contribution < -0.4 is 10.8 Å². The van der Waals surface area contributed by atoms with Crippen LogP contribution in [0.25, 0.3) is 0 Å². The average molecular weight is 171 g/mol. The summed E-state index contributed by atoms with van der Waals surface area (Å²) in [6.45, 7) is 1.05. The Balaban J connectivity index is 1.99. The van der Waals surface area contributed by atoms with Crippen LogP contribution in [0.2, 0.25) is 0 Å². The van der Waals surface area contributed by atoms with E-state index >= 15 is 0 Å². The third-order valence-corrected chi connectivity index (χ3v) is 2.66. The van der Waals surface area contributed by atoms with Gasteiger partial charge in [0.15, 0.2) is 0 Å². The van der Waals surface area contributed by atoms with Gasteiger partial charge in [-0.05, 0) is 18.4 Å². The summed E-state index contributed by atoms with van der Waals surface area (Å²) in [5.41, 5.74) is 2.95. The van der Waals surface area contributed by atoms with Crippen molar-refractivity contribution in [3.05, 3.63) is 29.8 Å². The van der Waals surface area contributed by atoms with E-state index in [0.717, 1.165) is 19.8 Å². The Morgan fingerprint density at radius 2 is 2.15 bits per heavy atom. The Morgan fingerprint density at radius 3 is 2.85 bits per heavy atom. The summed E-state index contributed by atoms with van der Waals surface area (Å²) < 4.78 is 0. The smallest absolute Gasteiger partial charge is 0.119 e. The zero-order valence-corrected chi connectivity index (χ0v) is 8.22. The van der Waals surface area contributed by atoms with Gasteiger partial charge >= 0.3 is 0 Å². The SMILES string of the molecule is BBc1ccccc1CNC1CC1. The molecule has 1 aliphatic rings. The van der Waals surface area contributed by atoms with E-state index in [1.165, 1.54) is 23.9 Å². The lowest BCUT2D eigenvalue weighted by Crippen LogP contribution is -2.25. The van der Waals surface area contributed by atoms with Gasteiger partial charge in [0.2, 0.25) is 0 Å². The summed E-state index contributed by atoms with van der Waals surface area (Å²) in [6.07, 6.45) is 2.74. The van der Waals surface area contributed by atoms with E-state index in [9.17, 15) is 0 Å². The Labute approximate surface area is 81.6 Å². The lowest BCUT2D eigenvalue weighted by molar-refractivity contribution is 0.690. The van der Waals surface area contributed by atoms with Crippen molar-refractivity contribution in [1.29, 1.82) is 0 Å². The maximum absolute atomic E-state index is 3.55. The second-order valence-corrected chi connectivity index (χ2v) is 3.78. The molecule has 0 heterocycles. The molecule has 1 aliphatic carbocycles. The summed E-state index contributed by atoms with van der Waals surface area (Å²) >= 11 is 0. The first-order chi connectivity index (χ1) is 6.40. The summed E-state index contributed by atoms with van der Waals surface area (Å²) in [5, 5.41) is 3.55. The van der Waals surface area contributed by atoms with Gasteiger partial charge in [-0.1, -0.05) is 29.7 Å². The molecule has 0 saturated heterocycles. The van der Waals surface area contributed by atoms with Crippen LogP contribution in [0.1, 0.15) is 18.4 Å². The standard InChI is InChI=1S/C10H15B2N/c11-12-10-4-2-1-3-8(10)7-13-9-5-6-9/h1-4,9,12-13H,5-7,11H2. The third kappa shape index (κ3) is 2.38. The number of benzene rings is 1. The number of rotatable bonds is 4. The van der Waals surface area contributed by atoms with Crippen molar-refractivity contribution in [1.82, 2.24) is 5.32 Å². The zero-order chi connectivity index (χ0) is 9.10. The van der Waals surface area contributed by atoms with E-state index in [1.54, 1.807) is 0 Å². The van der Waals surface area contributed by atoms with Crippen LogP contribution in [0.15, 0.2) is 24.3 Å². The van der Waals surface area contributed by atoms with Crippen LogP contribution in [0.3, 0.4) is 0 Å². The minimum absolute atomic E-state index is 0.810. The Kier molecular flexibility index (Phi) is 2.74. The molecule has 0 unspecified atom stereocenters. The van der Waals surface area contributed by atoms with Gasteiger partial charge in [0.25, 0.3) is 0 Å². The quantitative estimate of drug-likeness (QED) is 0.604. The van der Waals surface area contributed by atoms with Crippen molar-refractivity contribution in [2.24, 2.45) is 0 Å². The summed E-state index contributed by atoms with van der Waals surface area (Å²) in [5.74, 6) is 0. The molecule has 0 bridgehead atoms. The number of hydrogen-bond acceptors (Lipinski definition) is 1. The molecule has 0 radical (unpaired) electrons. The Hall–Kier alpha value is -0.690. The van der Waals surface area contributed by atoms with Gasteiger partial charge in [-0.3, -0.25) is 0 Å². The Morgan fingerprint density at radius 1 is 1.38 bits per heavy atom. The van der Waals surface area contributed by atoms with Gasteiger partial charge < -0.3 is 5.32 Å². The van der Waals surface area contributed by atoms with Crippen molar-refractivity contribution in [2.45, 2.75) is 25.4 Å². The predicted octanol–water partition coefficient (Wildman–Crippen LogP) is -0.452. The molecule has 66 valence electrons. The molecule has 1 N–H and O–H groups in total. The van der Waals surface area contributed by atoms with E-state index in [4.69, 9.17) is 0 Å². The van der Waals surface area contributed by atoms with Gasteiger partial charge in [0.05, 0.1) is 7.74 Å². The maximum atomic E-state index is 3.55. The highest BCUT2D eigenvalue weighted by atomic mass is 14.9. The number of hydrogen-bond donors (Lipinski definition) is 1. The first-order valence-corrected chi connectivity index (χ1v) is 5.20. The second-order valence-electron chi connectivity index (χ2n) is 3.78. The maximum Gasteiger partial charge on any atom is 0.119 e. The normalized spacial score (nSPS) is 15.7. The molecule has 13 heavy (non-hydrogen) atoms. The molecule has 0 amide bonds. The van der Waals surface area contributed by atoms with Crippen LogP contribution in [0, 0.1) is 0 Å². The van der Waals surface area contributed by atoms with Gasteiger partial charge in [-0.2, -0.15) is 0 Å². The monoisotopic (exact) mass is 171 g/mol. The van der Waals surface area contributed by atoms with Crippen molar-refractivity contribution < 1.29 is 0 Å². The highest BCUT2D eigenvalue weighted by molar-refractivity contribution is 6.97. The van der Waals surface area contributed by atoms with E-state index in [0.29, 0.717) is 0 Å². The fraction of sp³-hybridized carbons (Fsp3) is 0.400. The van der Waals surface area contributed by atoms with Gasteiger partial charge in [0, 0.05) is 12.6 Å². The van der Waals surface area contributed by atoms with Crippen molar-refractivity contribution >= 4 is 20.4 Å². The average Bonchev–Trinajstić information content (AvgIpc) is 2.99. The van der Waals surface area contributed by atoms with E-state index in [-0.39, 0.29) is 0 Å². The topological polar surface area (TPSA) is 12.0 Å². The van der Waals surface area contributed by atoms with Gasteiger partial charge in [0.1, 0.15) is 7.17 Å². The molecule has 2 rings (SSSR count). The van der Waals surface area contributed by atoms with Crippen molar-refractivity contribution in [2.75, 3.05) is 0 Å². The van der Waals surface area contributed by atoms with Crippen LogP contribution in [-0.4, -0.2) is 20.9 Å². The highest BCUT2D eigenvalue weighted by Crippen LogP contribution is 2.18. The van der Waals surface area contributed by atoms with E-state index in [2.05, 4.69) is 37.3 Å². The van der Waals surface area contributed by atoms with Crippen molar-refractivity contribution in [3.63, 3.8) is 0 Å². The highest BCUT2D eigenvalue weighted by Gasteiger charge is 2.20. The van der Waals surface area contributed by atoms with Crippen LogP contribution in [-0.2, 0) is 6.54 Å². The molecule has 1 nitrogen and oxygen atoms in total. The third-order valence-electron chi connectivity index (χ3n) is 2.66. The lowest BCUT2D eigenvalue weighted by Gasteiger charge is -2.07. The molecule has 0 aromatic heterocycles. The van der Waals surface area contributed by atoms with Crippen LogP contribution in [0.5, 0.6) is 0 Å². The van der Waals surface area contributed by atoms with Crippen LogP contribution in [0.4, 0.5) is 0 Å². The summed E-state index contributed by atoms with van der Waals surface area (Å²) in [7, 11) is 3.36. The second kappa shape index (κ2) is 4.01. The minimum Gasteiger partial charge on any atom is -0.310 e. The van der Waals surface area contributed by atoms with Gasteiger partial charge in [-0.15, -0.1) is 0 Å². The molecular weight excluding hydrogens is 156 g/mol. The first-order valence-electron chi connectivity index (χ1n) is 5.20. The van der Waals surface area contributed by atoms with Gasteiger partial charge in [-0.25, -0.2) is 0 Å². The fourth-order valence-corrected chi connectivity index (χ4v) is 1.62. The molecule has 0 atom stereocenters. The largest absolute Gasteiger partial charge is 0.310 e.